The first-order valence-corrected chi connectivity index (χ1v) is 18.8. The molecule has 4 aromatic rings. The van der Waals surface area contributed by atoms with Gasteiger partial charge in [-0.3, -0.25) is 0 Å². The van der Waals surface area contributed by atoms with Crippen LogP contribution in [-0.4, -0.2) is 31.1 Å². The van der Waals surface area contributed by atoms with E-state index in [-0.39, 0.29) is 5.28 Å². The molecule has 4 rings (SSSR count). The van der Waals surface area contributed by atoms with Crippen LogP contribution in [0.1, 0.15) is 20.8 Å². The predicted octanol–water partition coefficient (Wildman–Crippen LogP) is 7.27. The fraction of sp³-hybridized carbons (Fsp3) is 0.321. The van der Waals surface area contributed by atoms with E-state index in [2.05, 4.69) is 111 Å². The third-order valence-corrected chi connectivity index (χ3v) is 15.2. The summed E-state index contributed by atoms with van der Waals surface area (Å²) in [6.45, 7) is 14.1. The maximum absolute atomic E-state index is 6.43. The highest BCUT2D eigenvalue weighted by Gasteiger charge is 2.29. The summed E-state index contributed by atoms with van der Waals surface area (Å²) >= 11 is 6.43. The lowest BCUT2D eigenvalue weighted by Gasteiger charge is -2.28. The summed E-state index contributed by atoms with van der Waals surface area (Å²) in [5.74, 6) is 1.24. The van der Waals surface area contributed by atoms with Crippen molar-refractivity contribution in [3.05, 3.63) is 65.9 Å². The maximum atomic E-state index is 6.43. The van der Waals surface area contributed by atoms with E-state index in [4.69, 9.17) is 16.6 Å². The van der Waals surface area contributed by atoms with Crippen molar-refractivity contribution in [1.82, 2.24) is 15.0 Å². The quantitative estimate of drug-likeness (QED) is 0.249. The Bertz CT molecular complexity index is 1300. The molecule has 1 heterocycles. The number of rotatable bonds is 7. The van der Waals surface area contributed by atoms with Crippen molar-refractivity contribution < 1.29 is 0 Å². The van der Waals surface area contributed by atoms with E-state index >= 15 is 0 Å². The van der Waals surface area contributed by atoms with Crippen LogP contribution in [0.4, 0.5) is 0 Å². The second-order valence-electron chi connectivity index (χ2n) is 10.1. The van der Waals surface area contributed by atoms with Crippen LogP contribution in [0.25, 0.3) is 33.5 Å². The summed E-state index contributed by atoms with van der Waals surface area (Å²) in [5.41, 5.74) is 1.97. The van der Waals surface area contributed by atoms with Crippen LogP contribution < -0.4 is 10.4 Å². The first-order chi connectivity index (χ1) is 16.2. The van der Waals surface area contributed by atoms with Gasteiger partial charge in [0.15, 0.2) is 11.6 Å². The Morgan fingerprint density at radius 1 is 0.676 bits per heavy atom. The molecule has 3 nitrogen and oxygen atoms in total. The third kappa shape index (κ3) is 4.61. The molecule has 0 aliphatic heterocycles. The van der Waals surface area contributed by atoms with Gasteiger partial charge >= 0.3 is 0 Å². The van der Waals surface area contributed by atoms with Crippen LogP contribution in [0.2, 0.25) is 43.1 Å². The Morgan fingerprint density at radius 3 is 1.85 bits per heavy atom. The van der Waals surface area contributed by atoms with Crippen LogP contribution >= 0.6 is 11.6 Å². The van der Waals surface area contributed by atoms with Crippen LogP contribution in [0.5, 0.6) is 0 Å². The average Bonchev–Trinajstić information content (AvgIpc) is 2.84. The predicted molar refractivity (Wildman–Crippen MR) is 153 cm³/mol. The van der Waals surface area contributed by atoms with Crippen LogP contribution in [0, 0.1) is 0 Å². The molecule has 0 unspecified atom stereocenters. The lowest BCUT2D eigenvalue weighted by Crippen LogP contribution is -2.45. The molecule has 0 bridgehead atoms. The number of hydrogen-bond donors (Lipinski definition) is 0. The second-order valence-corrected chi connectivity index (χ2v) is 20.8. The normalized spacial score (nSPS) is 12.3. The summed E-state index contributed by atoms with van der Waals surface area (Å²) in [5, 5.41) is 5.62. The second kappa shape index (κ2) is 9.72. The fourth-order valence-electron chi connectivity index (χ4n) is 5.08. The van der Waals surface area contributed by atoms with Gasteiger partial charge in [-0.2, -0.15) is 9.97 Å². The van der Waals surface area contributed by atoms with E-state index in [0.29, 0.717) is 11.6 Å². The Hall–Kier alpha value is -2.35. The monoisotopic (exact) mass is 503 g/mol. The highest BCUT2D eigenvalue weighted by atomic mass is 35.5. The van der Waals surface area contributed by atoms with Gasteiger partial charge in [0.2, 0.25) is 5.28 Å². The van der Waals surface area contributed by atoms with Crippen molar-refractivity contribution in [2.24, 2.45) is 0 Å². The molecule has 0 atom stereocenters. The van der Waals surface area contributed by atoms with Crippen LogP contribution in [-0.2, 0) is 0 Å². The maximum Gasteiger partial charge on any atom is 0.226 e. The molecule has 0 fully saturated rings. The van der Waals surface area contributed by atoms with Gasteiger partial charge in [-0.25, -0.2) is 4.98 Å². The van der Waals surface area contributed by atoms with Gasteiger partial charge in [-0.15, -0.1) is 0 Å². The summed E-state index contributed by atoms with van der Waals surface area (Å²) in [4.78, 5) is 13.9. The molecule has 3 aromatic carbocycles. The molecule has 0 radical (unpaired) electrons. The van der Waals surface area contributed by atoms with Crippen molar-refractivity contribution in [3.63, 3.8) is 0 Å². The topological polar surface area (TPSA) is 38.7 Å². The summed E-state index contributed by atoms with van der Waals surface area (Å²) in [6, 6.07) is 25.6. The molecule has 0 aliphatic rings. The molecular weight excluding hydrogens is 470 g/mol. The largest absolute Gasteiger partial charge is 0.226 e. The average molecular weight is 504 g/mol. The molecule has 176 valence electrons. The SMILES string of the molecule is CC[Si](CC)(CC)c1ccc(-c2nc(Cl)nc(-c3ccc([Si](C)(C)C)c4ccccc34)n2)cc1. The summed E-state index contributed by atoms with van der Waals surface area (Å²) in [7, 11) is -2.92. The highest BCUT2D eigenvalue weighted by molar-refractivity contribution is 6.91. The van der Waals surface area contributed by atoms with Crippen LogP contribution in [0.15, 0.2) is 60.7 Å². The number of benzene rings is 3. The van der Waals surface area contributed by atoms with E-state index in [1.54, 1.807) is 0 Å². The number of hydrogen-bond acceptors (Lipinski definition) is 3. The Morgan fingerprint density at radius 2 is 1.26 bits per heavy atom. The smallest absolute Gasteiger partial charge is 0.208 e. The minimum atomic E-state index is -1.50. The van der Waals surface area contributed by atoms with Crippen molar-refractivity contribution in [2.45, 2.75) is 58.5 Å². The first-order valence-electron chi connectivity index (χ1n) is 12.3. The zero-order valence-electron chi connectivity index (χ0n) is 21.1. The molecule has 0 aliphatic carbocycles. The lowest BCUT2D eigenvalue weighted by atomic mass is 10.0. The molecule has 0 spiro atoms. The van der Waals surface area contributed by atoms with Crippen molar-refractivity contribution in [2.75, 3.05) is 0 Å². The van der Waals surface area contributed by atoms with E-state index in [9.17, 15) is 0 Å². The molecule has 1 aromatic heterocycles. The molecule has 0 amide bonds. The Kier molecular flexibility index (Phi) is 7.08. The highest BCUT2D eigenvalue weighted by Crippen LogP contribution is 2.29. The van der Waals surface area contributed by atoms with Gasteiger partial charge < -0.3 is 0 Å². The zero-order valence-corrected chi connectivity index (χ0v) is 23.9. The number of aromatic nitrogens is 3. The van der Waals surface area contributed by atoms with E-state index in [0.717, 1.165) is 16.5 Å². The number of halogens is 1. The molecule has 0 saturated heterocycles. The van der Waals surface area contributed by atoms with Gasteiger partial charge in [0.1, 0.15) is 0 Å². The van der Waals surface area contributed by atoms with Gasteiger partial charge in [0, 0.05) is 11.1 Å². The third-order valence-electron chi connectivity index (χ3n) is 7.37. The standard InChI is InChI=1S/C28H34ClN3Si2/c1-7-34(8-2,9-3)21-16-14-20(15-17-21)26-30-27(32-28(29)31-26)24-18-19-25(33(4,5)6)23-13-11-10-12-22(23)24/h10-19H,7-9H2,1-6H3. The lowest BCUT2D eigenvalue weighted by molar-refractivity contribution is 1.07. The van der Waals surface area contributed by atoms with Gasteiger partial charge in [-0.05, 0) is 22.4 Å². The van der Waals surface area contributed by atoms with E-state index < -0.39 is 16.1 Å². The molecule has 6 heteroatoms. The Labute approximate surface area is 210 Å². The minimum Gasteiger partial charge on any atom is -0.208 e. The zero-order chi connectivity index (χ0) is 24.5. The van der Waals surface area contributed by atoms with E-state index in [1.165, 1.54) is 33.9 Å². The van der Waals surface area contributed by atoms with E-state index in [1.807, 2.05) is 0 Å². The van der Waals surface area contributed by atoms with Crippen molar-refractivity contribution >= 4 is 48.9 Å². The number of nitrogens with zero attached hydrogens (tertiary/aromatic N) is 3. The van der Waals surface area contributed by atoms with Crippen molar-refractivity contribution in [1.29, 1.82) is 0 Å². The fourth-order valence-corrected chi connectivity index (χ4v) is 10.5. The van der Waals surface area contributed by atoms with Crippen molar-refractivity contribution in [3.8, 4) is 22.8 Å². The number of fused-ring (bicyclic) bond motifs is 1. The minimum absolute atomic E-state index is 0.224. The molecule has 34 heavy (non-hydrogen) atoms. The molecular formula is C28H34ClN3Si2. The van der Waals surface area contributed by atoms with Crippen LogP contribution in [0.3, 0.4) is 0 Å². The molecule has 0 saturated carbocycles. The van der Waals surface area contributed by atoms with Gasteiger partial charge in [0.25, 0.3) is 0 Å². The summed E-state index contributed by atoms with van der Waals surface area (Å²) < 4.78 is 0. The first kappa shape index (κ1) is 24.8. The molecule has 0 N–H and O–H groups in total. The summed E-state index contributed by atoms with van der Waals surface area (Å²) in [6.07, 6.45) is 0. The van der Waals surface area contributed by atoms with Gasteiger partial charge in [-0.1, -0.05) is 130 Å². The van der Waals surface area contributed by atoms with Gasteiger partial charge in [0.05, 0.1) is 16.1 Å². The Balaban J connectivity index is 1.81.